The molecule has 18 heavy (non-hydrogen) atoms. The predicted molar refractivity (Wildman–Crippen MR) is 76.4 cm³/mol. The fraction of sp³-hybridized carbons (Fsp3) is 0.429. The number of hydrogen-bond acceptors (Lipinski definition) is 2. The van der Waals surface area contributed by atoms with Gasteiger partial charge >= 0.3 is 0 Å². The van der Waals surface area contributed by atoms with Crippen LogP contribution in [0.5, 0.6) is 0 Å². The Bertz CT molecular complexity index is 425. The first kappa shape index (κ1) is 13.8. The molecule has 0 aliphatic heterocycles. The van der Waals surface area contributed by atoms with Gasteiger partial charge in [0.15, 0.2) is 11.1 Å². The maximum atomic E-state index is 11.8. The Hall–Kier alpha value is -0.640. The van der Waals surface area contributed by atoms with Crippen LogP contribution >= 0.6 is 11.6 Å². The molecule has 1 atom stereocenters. The molecule has 0 N–H and O–H groups in total. The zero-order valence-electron chi connectivity index (χ0n) is 10.2. The highest BCUT2D eigenvalue weighted by atomic mass is 35.5. The number of hydrogen-bond donors (Lipinski definition) is 0. The van der Waals surface area contributed by atoms with Crippen molar-refractivity contribution < 1.29 is 8.39 Å². The third kappa shape index (κ3) is 4.23. The van der Waals surface area contributed by atoms with Crippen molar-refractivity contribution in [2.75, 3.05) is 0 Å². The molecule has 0 bridgehead atoms. The minimum Gasteiger partial charge on any atom is -0.284 e. The second kappa shape index (κ2) is 7.07. The lowest BCUT2D eigenvalue weighted by Gasteiger charge is -2.20. The standard InChI is InChI=1S/C14H17ClO2S/c15-14(12-7-3-1-4-8-12)11-18(16)17-13-9-5-2-6-10-13/h1,3-4,7-8,11,13H,2,5-6,9-10H2/b14-11-. The SMILES string of the molecule is O=S(/C=C(\Cl)c1ccccc1)OC1CCCCC1. The molecule has 4 heteroatoms. The van der Waals surface area contributed by atoms with Gasteiger partial charge in [-0.3, -0.25) is 4.18 Å². The molecule has 0 heterocycles. The molecule has 1 unspecified atom stereocenters. The summed E-state index contributed by atoms with van der Waals surface area (Å²) in [5.74, 6) is 0. The highest BCUT2D eigenvalue weighted by Crippen LogP contribution is 2.23. The lowest BCUT2D eigenvalue weighted by Crippen LogP contribution is -2.17. The molecular formula is C14H17ClO2S. The average Bonchev–Trinajstić information content (AvgIpc) is 2.40. The van der Waals surface area contributed by atoms with E-state index < -0.39 is 11.1 Å². The summed E-state index contributed by atoms with van der Waals surface area (Å²) in [7, 11) is 0. The predicted octanol–water partition coefficient (Wildman–Crippen LogP) is 4.24. The molecule has 98 valence electrons. The van der Waals surface area contributed by atoms with Gasteiger partial charge in [-0.15, -0.1) is 0 Å². The van der Waals surface area contributed by atoms with Crippen molar-refractivity contribution in [3.05, 3.63) is 41.3 Å². The molecule has 1 saturated carbocycles. The molecule has 0 radical (unpaired) electrons. The van der Waals surface area contributed by atoms with Crippen molar-refractivity contribution in [1.29, 1.82) is 0 Å². The van der Waals surface area contributed by atoms with Crippen molar-refractivity contribution >= 4 is 27.7 Å². The van der Waals surface area contributed by atoms with Gasteiger partial charge in [-0.05, 0) is 18.4 Å². The van der Waals surface area contributed by atoms with Crippen LogP contribution in [0.3, 0.4) is 0 Å². The van der Waals surface area contributed by atoms with Crippen molar-refractivity contribution in [3.63, 3.8) is 0 Å². The van der Waals surface area contributed by atoms with E-state index in [9.17, 15) is 4.21 Å². The van der Waals surface area contributed by atoms with E-state index >= 15 is 0 Å². The van der Waals surface area contributed by atoms with Crippen LogP contribution in [0.4, 0.5) is 0 Å². The summed E-state index contributed by atoms with van der Waals surface area (Å²) in [5.41, 5.74) is 0.861. The van der Waals surface area contributed by atoms with Crippen LogP contribution in [0.25, 0.3) is 5.03 Å². The third-order valence-corrected chi connectivity index (χ3v) is 4.38. The zero-order chi connectivity index (χ0) is 12.8. The van der Waals surface area contributed by atoms with Crippen molar-refractivity contribution in [3.8, 4) is 0 Å². The third-order valence-electron chi connectivity index (χ3n) is 3.03. The topological polar surface area (TPSA) is 26.3 Å². The Labute approximate surface area is 116 Å². The quantitative estimate of drug-likeness (QED) is 0.827. The fourth-order valence-corrected chi connectivity index (χ4v) is 3.24. The van der Waals surface area contributed by atoms with Crippen LogP contribution in [0.15, 0.2) is 35.7 Å². The molecule has 1 aliphatic rings. The van der Waals surface area contributed by atoms with Gasteiger partial charge in [0.2, 0.25) is 0 Å². The normalized spacial score (nSPS) is 19.7. The maximum Gasteiger partial charge on any atom is 0.183 e. The second-order valence-corrected chi connectivity index (χ2v) is 5.80. The lowest BCUT2D eigenvalue weighted by atomic mass is 9.98. The molecular weight excluding hydrogens is 268 g/mol. The van der Waals surface area contributed by atoms with Gasteiger partial charge in [-0.1, -0.05) is 61.2 Å². The first-order chi connectivity index (χ1) is 8.75. The van der Waals surface area contributed by atoms with Crippen LogP contribution < -0.4 is 0 Å². The molecule has 1 fully saturated rings. The molecule has 1 aromatic rings. The van der Waals surface area contributed by atoms with Gasteiger partial charge in [-0.2, -0.15) is 0 Å². The van der Waals surface area contributed by atoms with Gasteiger partial charge in [0.05, 0.1) is 11.1 Å². The van der Waals surface area contributed by atoms with Crippen LogP contribution in [0.2, 0.25) is 0 Å². The second-order valence-electron chi connectivity index (χ2n) is 4.45. The van der Waals surface area contributed by atoms with E-state index in [0.29, 0.717) is 5.03 Å². The fourth-order valence-electron chi connectivity index (χ4n) is 2.07. The molecule has 0 saturated heterocycles. The van der Waals surface area contributed by atoms with Crippen LogP contribution in [-0.4, -0.2) is 10.3 Å². The highest BCUT2D eigenvalue weighted by molar-refractivity contribution is 7.83. The van der Waals surface area contributed by atoms with E-state index in [4.69, 9.17) is 15.8 Å². The van der Waals surface area contributed by atoms with Gasteiger partial charge in [0.25, 0.3) is 0 Å². The van der Waals surface area contributed by atoms with Gasteiger partial charge in [0.1, 0.15) is 0 Å². The smallest absolute Gasteiger partial charge is 0.183 e. The number of rotatable bonds is 4. The van der Waals surface area contributed by atoms with E-state index in [1.807, 2.05) is 30.3 Å². The van der Waals surface area contributed by atoms with Crippen molar-refractivity contribution in [2.45, 2.75) is 38.2 Å². The Kier molecular flexibility index (Phi) is 5.42. The largest absolute Gasteiger partial charge is 0.284 e. The van der Waals surface area contributed by atoms with Crippen LogP contribution in [-0.2, 0) is 15.3 Å². The molecule has 1 aliphatic carbocycles. The summed E-state index contributed by atoms with van der Waals surface area (Å²) in [6.07, 6.45) is 5.71. The van der Waals surface area contributed by atoms with Crippen molar-refractivity contribution in [2.24, 2.45) is 0 Å². The van der Waals surface area contributed by atoms with E-state index in [1.165, 1.54) is 11.8 Å². The summed E-state index contributed by atoms with van der Waals surface area (Å²) >= 11 is 4.66. The highest BCUT2D eigenvalue weighted by Gasteiger charge is 2.16. The van der Waals surface area contributed by atoms with Gasteiger partial charge in [-0.25, -0.2) is 4.21 Å². The van der Waals surface area contributed by atoms with E-state index in [-0.39, 0.29) is 6.10 Å². The summed E-state index contributed by atoms with van der Waals surface area (Å²) in [4.78, 5) is 0. The number of halogens is 1. The number of benzene rings is 1. The Morgan fingerprint density at radius 1 is 1.22 bits per heavy atom. The van der Waals surface area contributed by atoms with Crippen molar-refractivity contribution in [1.82, 2.24) is 0 Å². The van der Waals surface area contributed by atoms with E-state index in [1.54, 1.807) is 0 Å². The van der Waals surface area contributed by atoms with Gasteiger partial charge < -0.3 is 0 Å². The summed E-state index contributed by atoms with van der Waals surface area (Å²) < 4.78 is 17.3. The summed E-state index contributed by atoms with van der Waals surface area (Å²) in [6, 6.07) is 9.49. The monoisotopic (exact) mass is 284 g/mol. The minimum absolute atomic E-state index is 0.121. The Balaban J connectivity index is 1.93. The van der Waals surface area contributed by atoms with Crippen LogP contribution in [0, 0.1) is 0 Å². The first-order valence-corrected chi connectivity index (χ1v) is 7.78. The average molecular weight is 285 g/mol. The Morgan fingerprint density at radius 3 is 2.56 bits per heavy atom. The summed E-state index contributed by atoms with van der Waals surface area (Å²) in [6.45, 7) is 0. The molecule has 2 rings (SSSR count). The van der Waals surface area contributed by atoms with E-state index in [2.05, 4.69) is 0 Å². The molecule has 0 spiro atoms. The summed E-state index contributed by atoms with van der Waals surface area (Å²) in [5, 5.41) is 1.95. The van der Waals surface area contributed by atoms with Gasteiger partial charge in [0, 0.05) is 5.41 Å². The lowest BCUT2D eigenvalue weighted by molar-refractivity contribution is 0.176. The zero-order valence-corrected chi connectivity index (χ0v) is 11.8. The molecule has 0 aromatic heterocycles. The molecule has 1 aromatic carbocycles. The Morgan fingerprint density at radius 2 is 1.89 bits per heavy atom. The molecule has 0 amide bonds. The van der Waals surface area contributed by atoms with Crippen LogP contribution in [0.1, 0.15) is 37.7 Å². The maximum absolute atomic E-state index is 11.8. The first-order valence-electron chi connectivity index (χ1n) is 6.26. The molecule has 2 nitrogen and oxygen atoms in total. The minimum atomic E-state index is -1.44. The van der Waals surface area contributed by atoms with E-state index in [0.717, 1.165) is 31.2 Å².